The van der Waals surface area contributed by atoms with Crippen molar-refractivity contribution in [3.8, 4) is 28.2 Å². The Morgan fingerprint density at radius 3 is 1.95 bits per heavy atom. The van der Waals surface area contributed by atoms with Crippen LogP contribution in [0.3, 0.4) is 0 Å². The van der Waals surface area contributed by atoms with Crippen molar-refractivity contribution in [2.75, 3.05) is 75.3 Å². The second-order valence-electron chi connectivity index (χ2n) is 38.0. The predicted molar refractivity (Wildman–Crippen MR) is 542 cm³/mol. The number of hydrogen-bond donors (Lipinski definition) is 5. The highest BCUT2D eigenvalue weighted by Gasteiger charge is 2.46. The Morgan fingerprint density at radius 1 is 0.579 bits per heavy atom. The summed E-state index contributed by atoms with van der Waals surface area (Å²) in [5.41, 5.74) is 10.9. The quantitative estimate of drug-likeness (QED) is 0.00452. The number of Topliss-reactive ketones (excluding diaryl/α,β-unsaturated/α-hetero) is 1. The zero-order chi connectivity index (χ0) is 103. The van der Waals surface area contributed by atoms with Gasteiger partial charge in [0.15, 0.2) is 35.4 Å². The van der Waals surface area contributed by atoms with Crippen molar-refractivity contribution < 1.29 is 99.2 Å². The summed E-state index contributed by atoms with van der Waals surface area (Å²) in [6, 6.07) is 58.8. The summed E-state index contributed by atoms with van der Waals surface area (Å²) in [4.78, 5) is 86.3. The monoisotopic (exact) mass is 2030 g/mol. The van der Waals surface area contributed by atoms with E-state index < -0.39 is 124 Å². The lowest BCUT2D eigenvalue weighted by molar-refractivity contribution is -0.433. The van der Waals surface area contributed by atoms with Crippen molar-refractivity contribution in [3.63, 3.8) is 0 Å². The van der Waals surface area contributed by atoms with E-state index in [1.165, 1.54) is 39.7 Å². The number of carbonyl (C=O) groups is 6. The molecule has 7 aliphatic rings. The molecular weight excluding hydrogens is 1920 g/mol. The van der Waals surface area contributed by atoms with Gasteiger partial charge in [0.05, 0.1) is 32.2 Å². The Balaban J connectivity index is 0.504. The first kappa shape index (κ1) is 104. The minimum Gasteiger partial charge on any atom is -0.744 e. The number of nitrogens with one attached hydrogen (secondary N) is 5. The number of piperidine rings is 1. The SMILES string of the molecule is CC[N+]1=C(/C=C/C=C/C=C2\N(CCCCCC(=O)NCCCC[C@H](NC(=O)[C@H](Cc3ccccc3)NC(=O)OCc3ccccc3)C(=O)COc3c(F)c(F)c(C(=O)NCCCCCCNC(=O)C4CCN(S(=O)(=O)c5ccccc5-c5c6ccc(=[N+]7CCc8ccccc87)cc-6oc6cc(N7CCc8ccccc87)ccc56)CC4)c(F)c3F)c3ccc(S(=O)(=O)[O-])cc3C2(C)C)C(C)(C)c2cc(S(=O)(=O)[O-])ccc21. The highest BCUT2D eigenvalue weighted by molar-refractivity contribution is 7.89. The van der Waals surface area contributed by atoms with E-state index in [2.05, 4.69) is 72.5 Å². The van der Waals surface area contributed by atoms with E-state index in [1.807, 2.05) is 135 Å². The van der Waals surface area contributed by atoms with Crippen molar-refractivity contribution in [3.05, 3.63) is 310 Å². The van der Waals surface area contributed by atoms with Crippen molar-refractivity contribution in [2.45, 2.75) is 182 Å². The van der Waals surface area contributed by atoms with Gasteiger partial charge in [-0.25, -0.2) is 38.8 Å². The minimum absolute atomic E-state index is 0.0854. The first-order chi connectivity index (χ1) is 69.6. The lowest BCUT2D eigenvalue weighted by Gasteiger charge is -2.31. The molecule has 0 radical (unpaired) electrons. The molecule has 16 rings (SSSR count). The Labute approximate surface area is 841 Å². The van der Waals surface area contributed by atoms with Crippen LogP contribution in [0.25, 0.3) is 33.4 Å². The molecule has 6 aliphatic heterocycles. The number of alkyl carbamates (subject to hydrolysis) is 1. The zero-order valence-electron chi connectivity index (χ0n) is 81.3. The Bertz CT molecular complexity index is 7300. The Morgan fingerprint density at radius 2 is 1.23 bits per heavy atom. The summed E-state index contributed by atoms with van der Waals surface area (Å²) in [7, 11) is -13.7. The van der Waals surface area contributed by atoms with E-state index in [0.717, 1.165) is 76.4 Å². The summed E-state index contributed by atoms with van der Waals surface area (Å²) in [6.07, 6.45) is 14.0. The third-order valence-corrected chi connectivity index (χ3v) is 31.5. The van der Waals surface area contributed by atoms with E-state index in [9.17, 15) is 54.7 Å². The van der Waals surface area contributed by atoms with Crippen LogP contribution >= 0.6 is 0 Å². The number of anilines is 3. The number of rotatable bonds is 41. The van der Waals surface area contributed by atoms with Gasteiger partial charge in [-0.15, -0.1) is 0 Å². The van der Waals surface area contributed by atoms with Gasteiger partial charge < -0.3 is 59.4 Å². The van der Waals surface area contributed by atoms with Crippen molar-refractivity contribution in [2.24, 2.45) is 5.92 Å². The lowest BCUT2D eigenvalue weighted by Crippen LogP contribution is -2.53. The molecule has 5 amide bonds. The standard InChI is InChI=1S/C111H116F4N10O17S3/c1-6-122-90-51-47-79(144(134,135)136)68-84(90)110(2,3)96(122)42-17-11-18-43-97-111(4,5)85-69-80(145(137,138)139)48-52-91(85)125(97)60-30-12-19-44-98(127)116-57-29-26-38-86(119-107(129)87(65-72-31-13-9-14-32-72)120-109(131)141-70-73-33-15-10-16-34-73)92(126)71-140-105-103(114)101(112)100(102(113)104(105)115)108(130)118-59-28-8-7-27-58-117-106(128)76-53-61-121(62-54-76)143(132,133)95-41-25-22-37-83(95)99-81-49-45-77(123-63-55-74-35-20-23-39-88(74)123)66-93(81)142-94-67-78(46-50-82(94)99)124-64-56-75-36-21-24-40-89(75)124/h9-11,13-18,20-25,31-37,39-43,45-52,66-69,76,86-87H,6-8,12,19,26-30,38,44,53-65,70-71H2,1-5H3,(H5-2,116,117,118,119,120,127,128,129,130,131,134,135,136,137,138,139)/t86-,87-/m0/s1. The number of para-hydroxylation sites is 2. The molecule has 0 unspecified atom stereocenters. The van der Waals surface area contributed by atoms with Crippen LogP contribution in [0.15, 0.2) is 261 Å². The molecule has 2 atom stereocenters. The van der Waals surface area contributed by atoms with Crippen LogP contribution in [-0.2, 0) is 90.9 Å². The summed E-state index contributed by atoms with van der Waals surface area (Å²) in [5.74, 6) is -14.0. The fourth-order valence-electron chi connectivity index (χ4n) is 20.2. The van der Waals surface area contributed by atoms with Crippen LogP contribution in [0, 0.1) is 29.2 Å². The molecule has 0 aromatic heterocycles. The maximum Gasteiger partial charge on any atom is 0.408 e. The van der Waals surface area contributed by atoms with Crippen molar-refractivity contribution >= 4 is 111 Å². The smallest absolute Gasteiger partial charge is 0.408 e. The maximum absolute atomic E-state index is 16.1. The largest absolute Gasteiger partial charge is 0.744 e. The molecule has 27 nitrogen and oxygen atoms in total. The maximum atomic E-state index is 16.1. The molecule has 0 spiro atoms. The van der Waals surface area contributed by atoms with Crippen LogP contribution in [-0.4, -0.2) is 162 Å². The number of unbranched alkanes of at least 4 members (excludes halogenated alkanes) is 6. The molecule has 758 valence electrons. The van der Waals surface area contributed by atoms with E-state index in [1.54, 1.807) is 84.9 Å². The number of carbonyl (C=O) groups excluding carboxylic acids is 6. The lowest BCUT2D eigenvalue weighted by atomic mass is 9.81. The summed E-state index contributed by atoms with van der Waals surface area (Å²) in [5, 5.41) is 15.0. The Hall–Kier alpha value is -13.8. The van der Waals surface area contributed by atoms with Crippen LogP contribution in [0.2, 0.25) is 0 Å². The molecule has 9 aromatic rings. The zero-order valence-corrected chi connectivity index (χ0v) is 83.7. The van der Waals surface area contributed by atoms with Crippen molar-refractivity contribution in [1.29, 1.82) is 0 Å². The number of sulfonamides is 1. The van der Waals surface area contributed by atoms with Crippen LogP contribution in [0.4, 0.5) is 50.8 Å². The van der Waals surface area contributed by atoms with Gasteiger partial charge in [0.1, 0.15) is 62.9 Å². The average molecular weight is 2030 g/mol. The summed E-state index contributed by atoms with van der Waals surface area (Å²) in [6.45, 7) is 11.2. The van der Waals surface area contributed by atoms with Gasteiger partial charge in [-0.3, -0.25) is 24.0 Å². The number of halogens is 4. The van der Waals surface area contributed by atoms with Gasteiger partial charge in [0.2, 0.25) is 56.1 Å². The number of ether oxygens (including phenoxy) is 2. The molecule has 1 saturated heterocycles. The number of fused-ring (bicyclic) bond motifs is 6. The molecule has 1 aliphatic carbocycles. The molecule has 145 heavy (non-hydrogen) atoms. The van der Waals surface area contributed by atoms with E-state index >= 15 is 26.0 Å². The summed E-state index contributed by atoms with van der Waals surface area (Å²) >= 11 is 0. The normalized spacial score (nSPS) is 16.2. The van der Waals surface area contributed by atoms with Gasteiger partial charge in [-0.1, -0.05) is 167 Å². The third-order valence-electron chi connectivity index (χ3n) is 27.9. The van der Waals surface area contributed by atoms with E-state index in [-0.39, 0.29) is 117 Å². The minimum atomic E-state index is -4.82. The molecule has 6 heterocycles. The van der Waals surface area contributed by atoms with Gasteiger partial charge in [0, 0.05) is 163 Å². The van der Waals surface area contributed by atoms with E-state index in [0.29, 0.717) is 102 Å². The van der Waals surface area contributed by atoms with Gasteiger partial charge in [0.25, 0.3) is 5.91 Å². The van der Waals surface area contributed by atoms with Crippen LogP contribution in [0.1, 0.15) is 162 Å². The predicted octanol–water partition coefficient (Wildman–Crippen LogP) is 17.1. The van der Waals surface area contributed by atoms with Crippen LogP contribution < -0.4 is 51.1 Å². The van der Waals surface area contributed by atoms with Gasteiger partial charge >= 0.3 is 6.09 Å². The number of nitrogens with zero attached hydrogens (tertiary/aromatic N) is 5. The molecule has 1 fully saturated rings. The number of ketones is 1. The highest BCUT2D eigenvalue weighted by atomic mass is 32.2. The number of hydrogen-bond acceptors (Lipinski definition) is 19. The molecule has 9 aromatic carbocycles. The Kier molecular flexibility index (Phi) is 32.5. The third kappa shape index (κ3) is 23.4. The molecule has 0 bridgehead atoms. The topological polar surface area (TPSA) is 358 Å². The number of amides is 5. The molecule has 5 N–H and O–H groups in total. The molecular formula is C111H116F4N10O17S3. The first-order valence-corrected chi connectivity index (χ1v) is 53.3. The second-order valence-corrected chi connectivity index (χ2v) is 42.7. The fraction of sp³-hybridized carbons (Fsp3) is 0.333. The van der Waals surface area contributed by atoms with Crippen molar-refractivity contribution in [1.82, 2.24) is 35.5 Å². The summed E-state index contributed by atoms with van der Waals surface area (Å²) < 4.78 is 191. The first-order valence-electron chi connectivity index (χ1n) is 49.1. The molecule has 0 saturated carbocycles. The van der Waals surface area contributed by atoms with E-state index in [4.69, 9.17) is 13.9 Å². The van der Waals surface area contributed by atoms with Crippen LogP contribution in [0.5, 0.6) is 5.75 Å². The number of benzene rings is 10. The molecule has 34 heteroatoms. The highest BCUT2D eigenvalue weighted by Crippen LogP contribution is 2.51. The number of allylic oxidation sites excluding steroid dienone is 6. The van der Waals surface area contributed by atoms with Gasteiger partial charge in [-0.2, -0.15) is 22.2 Å². The second kappa shape index (κ2) is 45.3. The fourth-order valence-corrected chi connectivity index (χ4v) is 22.8. The average Bonchev–Trinajstić information content (AvgIpc) is 1.41. The van der Waals surface area contributed by atoms with Gasteiger partial charge in [-0.05, 0) is 174 Å².